The molecule has 1 atom stereocenters. The second-order valence-electron chi connectivity index (χ2n) is 8.84. The summed E-state index contributed by atoms with van der Waals surface area (Å²) in [6.07, 6.45) is 0.880. The third kappa shape index (κ3) is 3.67. The Balaban J connectivity index is 1.85. The van der Waals surface area contributed by atoms with Gasteiger partial charge >= 0.3 is 0 Å². The van der Waals surface area contributed by atoms with E-state index in [9.17, 15) is 14.7 Å². The third-order valence-corrected chi connectivity index (χ3v) is 5.64. The van der Waals surface area contributed by atoms with Crippen LogP contribution < -0.4 is 14.4 Å². The van der Waals surface area contributed by atoms with Gasteiger partial charge in [-0.05, 0) is 29.7 Å². The number of fused-ring (bicyclic) bond motifs is 1. The van der Waals surface area contributed by atoms with Crippen LogP contribution in [0.15, 0.2) is 53.8 Å². The monoisotopic (exact) mass is 421 g/mol. The molecule has 0 saturated carbocycles. The number of rotatable bonds is 4. The molecule has 0 bridgehead atoms. The zero-order valence-corrected chi connectivity index (χ0v) is 18.3. The summed E-state index contributed by atoms with van der Waals surface area (Å²) in [7, 11) is 0. The standard InChI is InChI=1S/C25H27NO5/c1-5-15-6-8-16(9-7-15)21-20(23(28)25(2,3)4)22(27)24(29)26(21)17-10-11-18-19(14-17)31-13-12-30-18/h6-11,14,21,27H,5,12-13H2,1-4H3. The van der Waals surface area contributed by atoms with Crippen LogP contribution in [-0.2, 0) is 16.0 Å². The molecule has 1 amide bonds. The maximum atomic E-state index is 13.3. The van der Waals surface area contributed by atoms with Crippen LogP contribution in [0.5, 0.6) is 11.5 Å². The molecule has 6 heteroatoms. The lowest BCUT2D eigenvalue weighted by atomic mass is 9.82. The number of carbonyl (C=O) groups is 2. The highest BCUT2D eigenvalue weighted by Gasteiger charge is 2.46. The molecule has 31 heavy (non-hydrogen) atoms. The van der Waals surface area contributed by atoms with Gasteiger partial charge in [0.2, 0.25) is 0 Å². The molecular formula is C25H27NO5. The minimum atomic E-state index is -0.756. The van der Waals surface area contributed by atoms with Crippen molar-refractivity contribution in [2.24, 2.45) is 5.41 Å². The molecule has 162 valence electrons. The van der Waals surface area contributed by atoms with Crippen molar-refractivity contribution < 1.29 is 24.2 Å². The molecule has 0 fully saturated rings. The summed E-state index contributed by atoms with van der Waals surface area (Å²) in [5.41, 5.74) is 1.81. The molecule has 2 aromatic rings. The van der Waals surface area contributed by atoms with Gasteiger partial charge in [0.15, 0.2) is 23.0 Å². The Morgan fingerprint density at radius 3 is 2.32 bits per heavy atom. The molecular weight excluding hydrogens is 394 g/mol. The molecule has 4 rings (SSSR count). The number of anilines is 1. The second-order valence-corrected chi connectivity index (χ2v) is 8.84. The number of Topliss-reactive ketones (excluding diaryl/α,β-unsaturated/α-hetero) is 1. The SMILES string of the molecule is CCc1ccc(C2C(C(=O)C(C)(C)C)=C(O)C(=O)N2c2ccc3c(c2)OCCO3)cc1. The Labute approximate surface area is 182 Å². The third-order valence-electron chi connectivity index (χ3n) is 5.64. The first kappa shape index (κ1) is 21.0. The van der Waals surface area contributed by atoms with E-state index in [0.717, 1.165) is 17.5 Å². The number of carbonyl (C=O) groups excluding carboxylic acids is 2. The van der Waals surface area contributed by atoms with Crippen molar-refractivity contribution in [2.75, 3.05) is 18.1 Å². The predicted molar refractivity (Wildman–Crippen MR) is 118 cm³/mol. The first-order chi connectivity index (χ1) is 14.7. The average Bonchev–Trinajstić information content (AvgIpc) is 3.02. The van der Waals surface area contributed by atoms with E-state index in [1.807, 2.05) is 24.3 Å². The molecule has 1 N–H and O–H groups in total. The second kappa shape index (κ2) is 7.76. The maximum absolute atomic E-state index is 13.3. The Morgan fingerprint density at radius 2 is 1.71 bits per heavy atom. The molecule has 2 heterocycles. The van der Waals surface area contributed by atoms with E-state index in [4.69, 9.17) is 9.47 Å². The van der Waals surface area contributed by atoms with Gasteiger partial charge in [-0.25, -0.2) is 0 Å². The summed E-state index contributed by atoms with van der Waals surface area (Å²) in [5, 5.41) is 10.8. The molecule has 6 nitrogen and oxygen atoms in total. The Hall–Kier alpha value is -3.28. The quantitative estimate of drug-likeness (QED) is 0.785. The van der Waals surface area contributed by atoms with Gasteiger partial charge in [0, 0.05) is 17.2 Å². The van der Waals surface area contributed by atoms with Crippen molar-refractivity contribution in [3.05, 3.63) is 64.9 Å². The minimum absolute atomic E-state index is 0.122. The summed E-state index contributed by atoms with van der Waals surface area (Å²) in [6, 6.07) is 12.3. The summed E-state index contributed by atoms with van der Waals surface area (Å²) in [6.45, 7) is 8.30. The number of aliphatic hydroxyl groups is 1. The van der Waals surface area contributed by atoms with Gasteiger partial charge in [0.25, 0.3) is 5.91 Å². The number of nitrogens with zero attached hydrogens (tertiary/aromatic N) is 1. The van der Waals surface area contributed by atoms with E-state index in [1.165, 1.54) is 4.90 Å². The summed E-state index contributed by atoms with van der Waals surface area (Å²) < 4.78 is 11.3. The fourth-order valence-corrected chi connectivity index (χ4v) is 3.94. The lowest BCUT2D eigenvalue weighted by Gasteiger charge is -2.30. The van der Waals surface area contributed by atoms with Crippen molar-refractivity contribution in [3.8, 4) is 11.5 Å². The average molecular weight is 421 g/mol. The van der Waals surface area contributed by atoms with E-state index in [1.54, 1.807) is 39.0 Å². The molecule has 2 aliphatic rings. The Morgan fingerprint density at radius 1 is 1.06 bits per heavy atom. The van der Waals surface area contributed by atoms with Crippen LogP contribution in [0.1, 0.15) is 44.9 Å². The van der Waals surface area contributed by atoms with Gasteiger partial charge in [-0.2, -0.15) is 0 Å². The smallest absolute Gasteiger partial charge is 0.294 e. The number of aliphatic hydroxyl groups excluding tert-OH is 1. The number of ketones is 1. The topological polar surface area (TPSA) is 76.1 Å². The van der Waals surface area contributed by atoms with Crippen LogP contribution in [0, 0.1) is 5.41 Å². The van der Waals surface area contributed by atoms with Crippen molar-refractivity contribution in [2.45, 2.75) is 40.2 Å². The van der Waals surface area contributed by atoms with Gasteiger partial charge in [-0.3, -0.25) is 14.5 Å². The number of hydrogen-bond acceptors (Lipinski definition) is 5. The molecule has 2 aliphatic heterocycles. The summed E-state index contributed by atoms with van der Waals surface area (Å²) in [4.78, 5) is 28.0. The minimum Gasteiger partial charge on any atom is -0.503 e. The van der Waals surface area contributed by atoms with Crippen LogP contribution >= 0.6 is 0 Å². The van der Waals surface area contributed by atoms with E-state index >= 15 is 0 Å². The van der Waals surface area contributed by atoms with Crippen LogP contribution in [0.2, 0.25) is 0 Å². The van der Waals surface area contributed by atoms with E-state index in [-0.39, 0.29) is 11.4 Å². The first-order valence-corrected chi connectivity index (χ1v) is 10.5. The van der Waals surface area contributed by atoms with Crippen LogP contribution in [-0.4, -0.2) is 30.0 Å². The molecule has 2 aromatic carbocycles. The highest BCUT2D eigenvalue weighted by Crippen LogP contribution is 2.45. The summed E-state index contributed by atoms with van der Waals surface area (Å²) >= 11 is 0. The van der Waals surface area contributed by atoms with Gasteiger partial charge < -0.3 is 14.6 Å². The number of hydrogen-bond donors (Lipinski definition) is 1. The molecule has 1 unspecified atom stereocenters. The number of ether oxygens (including phenoxy) is 2. The first-order valence-electron chi connectivity index (χ1n) is 10.5. The van der Waals surface area contributed by atoms with E-state index < -0.39 is 23.1 Å². The fraction of sp³-hybridized carbons (Fsp3) is 0.360. The van der Waals surface area contributed by atoms with Gasteiger partial charge in [0.05, 0.1) is 11.6 Å². The molecule has 0 saturated heterocycles. The Kier molecular flexibility index (Phi) is 5.25. The van der Waals surface area contributed by atoms with E-state index in [2.05, 4.69) is 6.92 Å². The van der Waals surface area contributed by atoms with Crippen molar-refractivity contribution in [1.29, 1.82) is 0 Å². The van der Waals surface area contributed by atoms with Gasteiger partial charge in [-0.15, -0.1) is 0 Å². The number of aryl methyl sites for hydroxylation is 1. The van der Waals surface area contributed by atoms with Crippen molar-refractivity contribution in [1.82, 2.24) is 0 Å². The normalized spacial score (nSPS) is 18.5. The Bertz CT molecular complexity index is 1060. The lowest BCUT2D eigenvalue weighted by Crippen LogP contribution is -2.33. The number of benzene rings is 2. The van der Waals surface area contributed by atoms with E-state index in [0.29, 0.717) is 30.4 Å². The molecule has 0 radical (unpaired) electrons. The van der Waals surface area contributed by atoms with Crippen LogP contribution in [0.4, 0.5) is 5.69 Å². The van der Waals surface area contributed by atoms with Gasteiger partial charge in [-0.1, -0.05) is 52.0 Å². The zero-order valence-electron chi connectivity index (χ0n) is 18.3. The van der Waals surface area contributed by atoms with Crippen molar-refractivity contribution in [3.63, 3.8) is 0 Å². The zero-order chi connectivity index (χ0) is 22.3. The largest absolute Gasteiger partial charge is 0.503 e. The maximum Gasteiger partial charge on any atom is 0.294 e. The summed E-state index contributed by atoms with van der Waals surface area (Å²) in [5.74, 6) is -0.225. The number of amides is 1. The molecule has 0 aromatic heterocycles. The van der Waals surface area contributed by atoms with Crippen molar-refractivity contribution >= 4 is 17.4 Å². The van der Waals surface area contributed by atoms with Gasteiger partial charge in [0.1, 0.15) is 13.2 Å². The predicted octanol–water partition coefficient (Wildman–Crippen LogP) is 4.54. The highest BCUT2D eigenvalue weighted by atomic mass is 16.6. The lowest BCUT2D eigenvalue weighted by molar-refractivity contribution is -0.123. The highest BCUT2D eigenvalue weighted by molar-refractivity contribution is 6.17. The van der Waals surface area contributed by atoms with Crippen LogP contribution in [0.25, 0.3) is 0 Å². The fourth-order valence-electron chi connectivity index (χ4n) is 3.94. The molecule has 0 aliphatic carbocycles. The van der Waals surface area contributed by atoms with Crippen LogP contribution in [0.3, 0.4) is 0 Å². The molecule has 0 spiro atoms.